The molecule has 150 valence electrons. The summed E-state index contributed by atoms with van der Waals surface area (Å²) >= 11 is 6.44. The van der Waals surface area contributed by atoms with E-state index in [9.17, 15) is 14.0 Å². The van der Waals surface area contributed by atoms with Gasteiger partial charge in [-0.25, -0.2) is 9.18 Å². The molecule has 5 nitrogen and oxygen atoms in total. The van der Waals surface area contributed by atoms with Gasteiger partial charge in [0.05, 0.1) is 11.1 Å². The van der Waals surface area contributed by atoms with Gasteiger partial charge in [0.15, 0.2) is 0 Å². The minimum absolute atomic E-state index is 0.222. The Morgan fingerprint density at radius 1 is 1.07 bits per heavy atom. The van der Waals surface area contributed by atoms with Crippen LogP contribution in [0.25, 0.3) is 16.7 Å². The highest BCUT2D eigenvalue weighted by atomic mass is 35.5. The van der Waals surface area contributed by atoms with E-state index in [1.54, 1.807) is 30.3 Å². The van der Waals surface area contributed by atoms with Gasteiger partial charge in [-0.1, -0.05) is 49.1 Å². The third kappa shape index (κ3) is 3.60. The van der Waals surface area contributed by atoms with Gasteiger partial charge in [-0.3, -0.25) is 4.79 Å². The van der Waals surface area contributed by atoms with E-state index in [1.165, 1.54) is 12.1 Å². The summed E-state index contributed by atoms with van der Waals surface area (Å²) in [6, 6.07) is 11.2. The third-order valence-corrected chi connectivity index (χ3v) is 5.89. The molecule has 3 N–H and O–H groups in total. The van der Waals surface area contributed by atoms with E-state index in [0.29, 0.717) is 23.4 Å². The molecule has 0 bridgehead atoms. The molecule has 0 saturated heterocycles. The highest BCUT2D eigenvalue weighted by Crippen LogP contribution is 2.44. The SMILES string of the molecule is NC(=O)OC1=C(c2cc(-c3ccc(F)cc3)ccc2Cl)C(=O)NC12CCCCC2. The van der Waals surface area contributed by atoms with Gasteiger partial charge >= 0.3 is 6.09 Å². The van der Waals surface area contributed by atoms with Crippen LogP contribution in [0, 0.1) is 5.82 Å². The first-order valence-corrected chi connectivity index (χ1v) is 9.88. The van der Waals surface area contributed by atoms with Crippen LogP contribution in [0.3, 0.4) is 0 Å². The maximum absolute atomic E-state index is 13.3. The van der Waals surface area contributed by atoms with Crippen molar-refractivity contribution in [3.8, 4) is 11.1 Å². The molecule has 0 unspecified atom stereocenters. The quantitative estimate of drug-likeness (QED) is 0.757. The van der Waals surface area contributed by atoms with Crippen molar-refractivity contribution >= 4 is 29.2 Å². The molecular formula is C22H20ClFN2O3. The second-order valence-electron chi connectivity index (χ2n) is 7.42. The topological polar surface area (TPSA) is 81.4 Å². The van der Waals surface area contributed by atoms with E-state index in [-0.39, 0.29) is 23.1 Å². The fourth-order valence-corrected chi connectivity index (χ4v) is 4.43. The lowest BCUT2D eigenvalue weighted by Gasteiger charge is -2.34. The van der Waals surface area contributed by atoms with Crippen LogP contribution < -0.4 is 11.1 Å². The van der Waals surface area contributed by atoms with Crippen molar-refractivity contribution in [2.75, 3.05) is 0 Å². The molecule has 2 aromatic rings. The second-order valence-corrected chi connectivity index (χ2v) is 7.83. The first kappa shape index (κ1) is 19.5. The fraction of sp³-hybridized carbons (Fsp3) is 0.273. The molecule has 1 aliphatic carbocycles. The summed E-state index contributed by atoms with van der Waals surface area (Å²) in [5.74, 6) is -0.439. The van der Waals surface area contributed by atoms with Crippen LogP contribution >= 0.6 is 11.6 Å². The standard InChI is InChI=1S/C22H20ClFN2O3/c23-17-9-6-14(13-4-7-15(24)8-5-13)12-16(17)18-19(29-21(25)28)22(26-20(18)27)10-2-1-3-11-22/h4-9,12H,1-3,10-11H2,(H2,25,28)(H,26,27). The number of benzene rings is 2. The predicted molar refractivity (Wildman–Crippen MR) is 108 cm³/mol. The number of hydrogen-bond acceptors (Lipinski definition) is 3. The van der Waals surface area contributed by atoms with E-state index in [0.717, 1.165) is 30.4 Å². The Kier molecular flexibility index (Phi) is 5.04. The zero-order chi connectivity index (χ0) is 20.6. The summed E-state index contributed by atoms with van der Waals surface area (Å²) < 4.78 is 18.7. The van der Waals surface area contributed by atoms with E-state index < -0.39 is 11.6 Å². The summed E-state index contributed by atoms with van der Waals surface area (Å²) in [6.45, 7) is 0. The van der Waals surface area contributed by atoms with E-state index in [2.05, 4.69) is 5.32 Å². The van der Waals surface area contributed by atoms with Gasteiger partial charge in [0.1, 0.15) is 11.6 Å². The van der Waals surface area contributed by atoms with Crippen molar-refractivity contribution in [3.05, 3.63) is 64.6 Å². The molecular weight excluding hydrogens is 395 g/mol. The number of rotatable bonds is 3. The summed E-state index contributed by atoms with van der Waals surface area (Å²) in [6.07, 6.45) is 3.23. The Labute approximate surface area is 172 Å². The van der Waals surface area contributed by atoms with Crippen molar-refractivity contribution < 1.29 is 18.7 Å². The van der Waals surface area contributed by atoms with Gasteiger partial charge in [-0.15, -0.1) is 0 Å². The van der Waals surface area contributed by atoms with Gasteiger partial charge in [0.25, 0.3) is 5.91 Å². The molecule has 2 aromatic carbocycles. The molecule has 0 atom stereocenters. The maximum atomic E-state index is 13.3. The Bertz CT molecular complexity index is 1010. The number of primary amides is 1. The zero-order valence-electron chi connectivity index (χ0n) is 15.6. The summed E-state index contributed by atoms with van der Waals surface area (Å²) in [5, 5.41) is 3.36. The molecule has 1 aliphatic heterocycles. The average Bonchev–Trinajstić information content (AvgIpc) is 2.94. The van der Waals surface area contributed by atoms with Gasteiger partial charge < -0.3 is 15.8 Å². The number of ether oxygens (including phenoxy) is 1. The normalized spacial score (nSPS) is 18.1. The molecule has 29 heavy (non-hydrogen) atoms. The molecule has 4 rings (SSSR count). The predicted octanol–water partition coefficient (Wildman–Crippen LogP) is 4.79. The molecule has 1 saturated carbocycles. The number of hydrogen-bond donors (Lipinski definition) is 2. The first-order valence-electron chi connectivity index (χ1n) is 9.50. The van der Waals surface area contributed by atoms with Crippen molar-refractivity contribution in [2.45, 2.75) is 37.6 Å². The van der Waals surface area contributed by atoms with Crippen LogP contribution in [0.15, 0.2) is 48.2 Å². The van der Waals surface area contributed by atoms with Crippen molar-refractivity contribution in [1.82, 2.24) is 5.32 Å². The monoisotopic (exact) mass is 414 g/mol. The van der Waals surface area contributed by atoms with Crippen LogP contribution in [0.5, 0.6) is 0 Å². The average molecular weight is 415 g/mol. The molecule has 1 spiro atoms. The fourth-order valence-electron chi connectivity index (χ4n) is 4.22. The number of nitrogens with one attached hydrogen (secondary N) is 1. The first-order chi connectivity index (χ1) is 13.9. The van der Waals surface area contributed by atoms with Gasteiger partial charge in [-0.2, -0.15) is 0 Å². The highest BCUT2D eigenvalue weighted by molar-refractivity contribution is 6.36. The molecule has 1 heterocycles. The molecule has 1 fully saturated rings. The number of carbonyl (C=O) groups is 2. The maximum Gasteiger partial charge on any atom is 0.409 e. The van der Waals surface area contributed by atoms with Crippen molar-refractivity contribution in [1.29, 1.82) is 0 Å². The van der Waals surface area contributed by atoms with Crippen molar-refractivity contribution in [3.63, 3.8) is 0 Å². The molecule has 7 heteroatoms. The van der Waals surface area contributed by atoms with E-state index >= 15 is 0 Å². The Morgan fingerprint density at radius 3 is 2.38 bits per heavy atom. The number of amides is 2. The lowest BCUT2D eigenvalue weighted by atomic mass is 9.80. The Balaban J connectivity index is 1.87. The summed E-state index contributed by atoms with van der Waals surface area (Å²) in [5.41, 5.74) is 6.78. The van der Waals surface area contributed by atoms with Crippen molar-refractivity contribution in [2.24, 2.45) is 5.73 Å². The molecule has 2 aliphatic rings. The Morgan fingerprint density at radius 2 is 1.72 bits per heavy atom. The number of nitrogens with two attached hydrogens (primary N) is 1. The van der Waals surface area contributed by atoms with E-state index in [1.807, 2.05) is 0 Å². The van der Waals surface area contributed by atoms with Gasteiger partial charge in [0.2, 0.25) is 0 Å². The summed E-state index contributed by atoms with van der Waals surface area (Å²) in [4.78, 5) is 24.6. The molecule has 2 amide bonds. The minimum atomic E-state index is -0.968. The van der Waals surface area contributed by atoms with Crippen LogP contribution in [-0.4, -0.2) is 17.5 Å². The lowest BCUT2D eigenvalue weighted by molar-refractivity contribution is -0.116. The smallest absolute Gasteiger partial charge is 0.409 e. The molecule has 0 radical (unpaired) electrons. The zero-order valence-corrected chi connectivity index (χ0v) is 16.4. The van der Waals surface area contributed by atoms with Gasteiger partial charge in [-0.05, 0) is 48.2 Å². The lowest BCUT2D eigenvalue weighted by Crippen LogP contribution is -2.47. The van der Waals surface area contributed by atoms with Crippen LogP contribution in [0.2, 0.25) is 5.02 Å². The van der Waals surface area contributed by atoms with E-state index in [4.69, 9.17) is 22.1 Å². The highest BCUT2D eigenvalue weighted by Gasteiger charge is 2.48. The van der Waals surface area contributed by atoms with Gasteiger partial charge in [0, 0.05) is 10.6 Å². The number of halogens is 2. The van der Waals surface area contributed by atoms with Crippen LogP contribution in [0.4, 0.5) is 9.18 Å². The van der Waals surface area contributed by atoms with Crippen LogP contribution in [0.1, 0.15) is 37.7 Å². The summed E-state index contributed by atoms with van der Waals surface area (Å²) in [7, 11) is 0. The molecule has 0 aromatic heterocycles. The second kappa shape index (κ2) is 7.52. The number of carbonyl (C=O) groups excluding carboxylic acids is 2. The minimum Gasteiger partial charge on any atom is -0.412 e. The largest absolute Gasteiger partial charge is 0.412 e. The Hall–Kier alpha value is -2.86. The van der Waals surface area contributed by atoms with Crippen LogP contribution in [-0.2, 0) is 9.53 Å². The third-order valence-electron chi connectivity index (χ3n) is 5.56.